The first-order valence-electron chi connectivity index (χ1n) is 6.99. The average molecular weight is 310 g/mol. The molecule has 0 unspecified atom stereocenters. The predicted molar refractivity (Wildman–Crippen MR) is 79.8 cm³/mol. The number of urea groups is 1. The van der Waals surface area contributed by atoms with Gasteiger partial charge in [-0.05, 0) is 25.8 Å². The second-order valence-electron chi connectivity index (χ2n) is 5.14. The Hall–Kier alpha value is -2.51. The molecule has 0 aliphatic rings. The lowest BCUT2D eigenvalue weighted by Crippen LogP contribution is -2.55. The maximum absolute atomic E-state index is 12.1. The van der Waals surface area contributed by atoms with E-state index in [0.717, 1.165) is 0 Å². The van der Waals surface area contributed by atoms with E-state index in [2.05, 4.69) is 16.2 Å². The van der Waals surface area contributed by atoms with Gasteiger partial charge in [-0.3, -0.25) is 20.4 Å². The monoisotopic (exact) mass is 310 g/mol. The van der Waals surface area contributed by atoms with Crippen LogP contribution in [-0.4, -0.2) is 23.9 Å². The Labute approximate surface area is 128 Å². The quantitative estimate of drug-likeness (QED) is 0.598. The van der Waals surface area contributed by atoms with Crippen molar-refractivity contribution in [2.24, 2.45) is 11.7 Å². The number of nitrogens with one attached hydrogen (secondary N) is 3. The van der Waals surface area contributed by atoms with Gasteiger partial charge in [0.25, 0.3) is 11.8 Å². The average Bonchev–Trinajstić information content (AvgIpc) is 2.79. The molecule has 1 aromatic rings. The molecular weight excluding hydrogens is 288 g/mol. The molecule has 0 saturated heterocycles. The minimum atomic E-state index is -0.824. The SMILES string of the molecule is CC[C@@H](C)[C@@H](NC(N)=O)C(=O)NNC(=O)c1cc(C)oc1C. The molecule has 0 fully saturated rings. The van der Waals surface area contributed by atoms with Crippen LogP contribution in [0.4, 0.5) is 4.79 Å². The van der Waals surface area contributed by atoms with Gasteiger partial charge in [-0.25, -0.2) is 4.79 Å². The second-order valence-corrected chi connectivity index (χ2v) is 5.14. The lowest BCUT2D eigenvalue weighted by atomic mass is 9.99. The van der Waals surface area contributed by atoms with E-state index in [9.17, 15) is 14.4 Å². The van der Waals surface area contributed by atoms with Crippen LogP contribution in [0, 0.1) is 19.8 Å². The zero-order chi connectivity index (χ0) is 16.9. The van der Waals surface area contributed by atoms with E-state index in [-0.39, 0.29) is 5.92 Å². The maximum atomic E-state index is 12.1. The van der Waals surface area contributed by atoms with Gasteiger partial charge in [-0.15, -0.1) is 0 Å². The van der Waals surface area contributed by atoms with E-state index < -0.39 is 23.9 Å². The Bertz CT molecular complexity index is 567. The van der Waals surface area contributed by atoms with E-state index in [4.69, 9.17) is 10.2 Å². The van der Waals surface area contributed by atoms with Crippen LogP contribution in [0.5, 0.6) is 0 Å². The number of amides is 4. The molecular formula is C14H22N4O4. The summed E-state index contributed by atoms with van der Waals surface area (Å²) in [5.41, 5.74) is 9.98. The summed E-state index contributed by atoms with van der Waals surface area (Å²) in [5, 5.41) is 2.37. The lowest BCUT2D eigenvalue weighted by molar-refractivity contribution is -0.124. The van der Waals surface area contributed by atoms with Gasteiger partial charge in [-0.2, -0.15) is 0 Å². The molecule has 0 spiro atoms. The van der Waals surface area contributed by atoms with Crippen molar-refractivity contribution in [3.63, 3.8) is 0 Å². The Morgan fingerprint density at radius 1 is 1.27 bits per heavy atom. The summed E-state index contributed by atoms with van der Waals surface area (Å²) >= 11 is 0. The fourth-order valence-corrected chi connectivity index (χ4v) is 1.97. The number of aryl methyl sites for hydroxylation is 2. The molecule has 0 aliphatic heterocycles. The summed E-state index contributed by atoms with van der Waals surface area (Å²) in [6, 6.07) is -0.0481. The molecule has 0 aliphatic carbocycles. The zero-order valence-electron chi connectivity index (χ0n) is 13.1. The molecule has 0 saturated carbocycles. The first-order valence-corrected chi connectivity index (χ1v) is 6.99. The standard InChI is InChI=1S/C14H22N4O4/c1-5-7(2)11(16-14(15)21)13(20)18-17-12(19)10-6-8(3)22-9(10)4/h6-7,11H,5H2,1-4H3,(H,17,19)(H,18,20)(H3,15,16,21)/t7-,11-/m1/s1. The molecule has 8 heteroatoms. The topological polar surface area (TPSA) is 126 Å². The molecule has 5 N–H and O–H groups in total. The highest BCUT2D eigenvalue weighted by molar-refractivity contribution is 5.97. The number of hydrogen-bond donors (Lipinski definition) is 4. The van der Waals surface area contributed by atoms with Crippen LogP contribution in [-0.2, 0) is 4.79 Å². The van der Waals surface area contributed by atoms with Gasteiger partial charge in [0, 0.05) is 0 Å². The molecule has 2 atom stereocenters. The van der Waals surface area contributed by atoms with Crippen LogP contribution in [0.2, 0.25) is 0 Å². The van der Waals surface area contributed by atoms with Gasteiger partial charge >= 0.3 is 6.03 Å². The Morgan fingerprint density at radius 2 is 1.91 bits per heavy atom. The van der Waals surface area contributed by atoms with E-state index in [0.29, 0.717) is 23.5 Å². The van der Waals surface area contributed by atoms with E-state index in [1.54, 1.807) is 26.8 Å². The van der Waals surface area contributed by atoms with Gasteiger partial charge in [-0.1, -0.05) is 20.3 Å². The summed E-state index contributed by atoms with van der Waals surface area (Å²) in [5.74, 6) is -0.119. The maximum Gasteiger partial charge on any atom is 0.312 e. The third-order valence-corrected chi connectivity index (χ3v) is 3.38. The van der Waals surface area contributed by atoms with E-state index in [1.807, 2.05) is 6.92 Å². The van der Waals surface area contributed by atoms with Crippen molar-refractivity contribution >= 4 is 17.8 Å². The highest BCUT2D eigenvalue weighted by Gasteiger charge is 2.25. The van der Waals surface area contributed by atoms with Crippen LogP contribution < -0.4 is 21.9 Å². The highest BCUT2D eigenvalue weighted by atomic mass is 16.3. The molecule has 4 amide bonds. The van der Waals surface area contributed by atoms with Crippen LogP contribution in [0.1, 0.15) is 42.1 Å². The molecule has 1 heterocycles. The minimum absolute atomic E-state index is 0.137. The number of carbonyl (C=O) groups is 3. The van der Waals surface area contributed by atoms with Crippen LogP contribution >= 0.6 is 0 Å². The number of hydrogen-bond acceptors (Lipinski definition) is 4. The third-order valence-electron chi connectivity index (χ3n) is 3.38. The minimum Gasteiger partial charge on any atom is -0.466 e. The molecule has 22 heavy (non-hydrogen) atoms. The summed E-state index contributed by atoms with van der Waals surface area (Å²) in [6.07, 6.45) is 0.659. The Balaban J connectivity index is 2.68. The normalized spacial score (nSPS) is 13.1. The van der Waals surface area contributed by atoms with Crippen molar-refractivity contribution in [3.05, 3.63) is 23.2 Å². The first kappa shape index (κ1) is 17.5. The number of furan rings is 1. The fraction of sp³-hybridized carbons (Fsp3) is 0.500. The van der Waals surface area contributed by atoms with Crippen LogP contribution in [0.3, 0.4) is 0 Å². The Morgan fingerprint density at radius 3 is 2.36 bits per heavy atom. The number of rotatable bonds is 5. The number of primary amides is 1. The molecule has 122 valence electrons. The van der Waals surface area contributed by atoms with Crippen LogP contribution in [0.15, 0.2) is 10.5 Å². The smallest absolute Gasteiger partial charge is 0.312 e. The van der Waals surface area contributed by atoms with E-state index in [1.165, 1.54) is 0 Å². The Kier molecular flexibility index (Phi) is 5.97. The highest BCUT2D eigenvalue weighted by Crippen LogP contribution is 2.13. The van der Waals surface area contributed by atoms with Crippen molar-refractivity contribution in [3.8, 4) is 0 Å². The summed E-state index contributed by atoms with van der Waals surface area (Å²) in [6.45, 7) is 7.05. The van der Waals surface area contributed by atoms with Crippen molar-refractivity contribution in [1.29, 1.82) is 0 Å². The molecule has 8 nitrogen and oxygen atoms in total. The number of hydrazine groups is 1. The van der Waals surface area contributed by atoms with Gasteiger partial charge < -0.3 is 15.5 Å². The van der Waals surface area contributed by atoms with Gasteiger partial charge in [0.15, 0.2) is 0 Å². The van der Waals surface area contributed by atoms with Crippen molar-refractivity contribution in [2.45, 2.75) is 40.2 Å². The zero-order valence-corrected chi connectivity index (χ0v) is 13.1. The van der Waals surface area contributed by atoms with Crippen LogP contribution in [0.25, 0.3) is 0 Å². The molecule has 0 aromatic carbocycles. The van der Waals surface area contributed by atoms with Gasteiger partial charge in [0.05, 0.1) is 5.56 Å². The van der Waals surface area contributed by atoms with Crippen molar-refractivity contribution in [2.75, 3.05) is 0 Å². The fourth-order valence-electron chi connectivity index (χ4n) is 1.97. The molecule has 1 aromatic heterocycles. The third kappa shape index (κ3) is 4.51. The number of nitrogens with two attached hydrogens (primary N) is 1. The first-order chi connectivity index (χ1) is 10.3. The molecule has 0 radical (unpaired) electrons. The van der Waals surface area contributed by atoms with Crippen molar-refractivity contribution < 1.29 is 18.8 Å². The summed E-state index contributed by atoms with van der Waals surface area (Å²) in [7, 11) is 0. The largest absolute Gasteiger partial charge is 0.466 e. The summed E-state index contributed by atoms with van der Waals surface area (Å²) in [4.78, 5) is 35.0. The lowest BCUT2D eigenvalue weighted by Gasteiger charge is -2.22. The van der Waals surface area contributed by atoms with Crippen molar-refractivity contribution in [1.82, 2.24) is 16.2 Å². The van der Waals surface area contributed by atoms with Gasteiger partial charge in [0.1, 0.15) is 17.6 Å². The van der Waals surface area contributed by atoms with E-state index >= 15 is 0 Å². The number of carbonyl (C=O) groups excluding carboxylic acids is 3. The molecule has 0 bridgehead atoms. The summed E-state index contributed by atoms with van der Waals surface area (Å²) < 4.78 is 5.25. The molecule has 1 rings (SSSR count). The van der Waals surface area contributed by atoms with Gasteiger partial charge in [0.2, 0.25) is 0 Å². The second kappa shape index (κ2) is 7.48. The predicted octanol–water partition coefficient (Wildman–Crippen LogP) is 0.740.